The minimum absolute atomic E-state index is 0.0716. The molecule has 2 aromatic carbocycles. The summed E-state index contributed by atoms with van der Waals surface area (Å²) >= 11 is 6.51. The normalized spacial score (nSPS) is 12.9. The van der Waals surface area contributed by atoms with Crippen LogP contribution < -0.4 is 10.1 Å². The van der Waals surface area contributed by atoms with Crippen LogP contribution in [0.15, 0.2) is 66.9 Å². The van der Waals surface area contributed by atoms with Crippen LogP contribution in [0.1, 0.15) is 16.1 Å². The molecule has 0 saturated heterocycles. The summed E-state index contributed by atoms with van der Waals surface area (Å²) in [6, 6.07) is 18.5. The molecule has 3 heterocycles. The molecule has 6 nitrogen and oxygen atoms in total. The molecule has 1 aliphatic rings. The number of H-pyrrole nitrogens is 1. The SMILES string of the molecule is O=C1NCCc2[nH]c(-c3ccnc(-c4c(Cl)cccc4Oc4ccccc4)n3)cc21. The zero-order valence-corrected chi connectivity index (χ0v) is 16.6. The first-order chi connectivity index (χ1) is 14.7. The van der Waals surface area contributed by atoms with Gasteiger partial charge in [0.15, 0.2) is 5.82 Å². The van der Waals surface area contributed by atoms with E-state index >= 15 is 0 Å². The van der Waals surface area contributed by atoms with E-state index in [-0.39, 0.29) is 5.91 Å². The molecule has 2 N–H and O–H groups in total. The van der Waals surface area contributed by atoms with Gasteiger partial charge in [-0.3, -0.25) is 4.79 Å². The fraction of sp³-hybridized carbons (Fsp3) is 0.0870. The highest BCUT2D eigenvalue weighted by Gasteiger charge is 2.21. The third-order valence-electron chi connectivity index (χ3n) is 4.91. The van der Waals surface area contributed by atoms with Crippen LogP contribution in [0.3, 0.4) is 0 Å². The van der Waals surface area contributed by atoms with E-state index in [1.54, 1.807) is 18.3 Å². The topological polar surface area (TPSA) is 79.9 Å². The lowest BCUT2D eigenvalue weighted by Crippen LogP contribution is -2.31. The number of carbonyl (C=O) groups is 1. The number of nitrogens with zero attached hydrogens (tertiary/aromatic N) is 2. The highest BCUT2D eigenvalue weighted by atomic mass is 35.5. The number of fused-ring (bicyclic) bond motifs is 1. The van der Waals surface area contributed by atoms with Gasteiger partial charge in [0.05, 0.1) is 27.5 Å². The van der Waals surface area contributed by atoms with Gasteiger partial charge in [-0.1, -0.05) is 35.9 Å². The fourth-order valence-electron chi connectivity index (χ4n) is 3.48. The maximum absolute atomic E-state index is 12.1. The van der Waals surface area contributed by atoms with E-state index in [4.69, 9.17) is 21.3 Å². The van der Waals surface area contributed by atoms with E-state index in [0.717, 1.165) is 17.8 Å². The summed E-state index contributed by atoms with van der Waals surface area (Å²) in [5.41, 5.74) is 3.62. The summed E-state index contributed by atoms with van der Waals surface area (Å²) in [4.78, 5) is 24.5. The van der Waals surface area contributed by atoms with E-state index in [0.29, 0.717) is 45.7 Å². The summed E-state index contributed by atoms with van der Waals surface area (Å²) in [5.74, 6) is 1.63. The number of ether oxygens (including phenoxy) is 1. The first kappa shape index (κ1) is 18.4. The molecule has 0 unspecified atom stereocenters. The number of benzene rings is 2. The molecule has 148 valence electrons. The molecule has 0 bridgehead atoms. The third kappa shape index (κ3) is 3.42. The minimum atomic E-state index is -0.0716. The van der Waals surface area contributed by atoms with Crippen LogP contribution in [-0.4, -0.2) is 27.4 Å². The van der Waals surface area contributed by atoms with Crippen molar-refractivity contribution in [3.63, 3.8) is 0 Å². The van der Waals surface area contributed by atoms with Gasteiger partial charge in [0.1, 0.15) is 11.5 Å². The zero-order chi connectivity index (χ0) is 20.5. The van der Waals surface area contributed by atoms with Gasteiger partial charge in [0.2, 0.25) is 0 Å². The van der Waals surface area contributed by atoms with Gasteiger partial charge < -0.3 is 15.0 Å². The molecule has 0 radical (unpaired) electrons. The van der Waals surface area contributed by atoms with Crippen molar-refractivity contribution in [2.24, 2.45) is 0 Å². The van der Waals surface area contributed by atoms with Gasteiger partial charge >= 0.3 is 0 Å². The van der Waals surface area contributed by atoms with E-state index < -0.39 is 0 Å². The van der Waals surface area contributed by atoms with Crippen molar-refractivity contribution in [1.82, 2.24) is 20.3 Å². The number of para-hydroxylation sites is 1. The summed E-state index contributed by atoms with van der Waals surface area (Å²) in [5, 5.41) is 3.34. The number of nitrogens with one attached hydrogen (secondary N) is 2. The molecule has 30 heavy (non-hydrogen) atoms. The summed E-state index contributed by atoms with van der Waals surface area (Å²) in [6.07, 6.45) is 2.44. The highest BCUT2D eigenvalue weighted by molar-refractivity contribution is 6.33. The van der Waals surface area contributed by atoms with Crippen LogP contribution in [0.25, 0.3) is 22.8 Å². The lowest BCUT2D eigenvalue weighted by molar-refractivity contribution is 0.0946. The number of halogens is 1. The highest BCUT2D eigenvalue weighted by Crippen LogP contribution is 2.37. The largest absolute Gasteiger partial charge is 0.457 e. The fourth-order valence-corrected chi connectivity index (χ4v) is 3.73. The van der Waals surface area contributed by atoms with Gasteiger partial charge in [-0.25, -0.2) is 9.97 Å². The van der Waals surface area contributed by atoms with Crippen molar-refractivity contribution in [2.45, 2.75) is 6.42 Å². The van der Waals surface area contributed by atoms with E-state index in [1.807, 2.05) is 48.5 Å². The Morgan fingerprint density at radius 1 is 1.03 bits per heavy atom. The Hall–Kier alpha value is -3.64. The number of hydrogen-bond acceptors (Lipinski definition) is 4. The molecule has 1 aliphatic heterocycles. The molecule has 0 atom stereocenters. The van der Waals surface area contributed by atoms with Crippen molar-refractivity contribution in [3.05, 3.63) is 83.1 Å². The monoisotopic (exact) mass is 416 g/mol. The van der Waals surface area contributed by atoms with Crippen molar-refractivity contribution in [3.8, 4) is 34.3 Å². The standard InChI is InChI=1S/C23H17ClN4O2/c24-16-7-4-8-20(30-14-5-2-1-3-6-14)21(16)22-25-11-10-18(28-22)19-13-15-17(27-19)9-12-26-23(15)29/h1-8,10-11,13,27H,9,12H2,(H,26,29). The van der Waals surface area contributed by atoms with Crippen molar-refractivity contribution in [1.29, 1.82) is 0 Å². The zero-order valence-electron chi connectivity index (χ0n) is 15.9. The van der Waals surface area contributed by atoms with Crippen LogP contribution >= 0.6 is 11.6 Å². The van der Waals surface area contributed by atoms with Crippen LogP contribution in [0.2, 0.25) is 5.02 Å². The Balaban J connectivity index is 1.56. The minimum Gasteiger partial charge on any atom is -0.457 e. The van der Waals surface area contributed by atoms with E-state index in [9.17, 15) is 4.79 Å². The average Bonchev–Trinajstić information content (AvgIpc) is 3.21. The Labute approximate surface area is 177 Å². The second-order valence-electron chi connectivity index (χ2n) is 6.87. The van der Waals surface area contributed by atoms with Gasteiger partial charge in [-0.05, 0) is 36.4 Å². The smallest absolute Gasteiger partial charge is 0.253 e. The molecule has 1 amide bonds. The molecule has 2 aromatic heterocycles. The molecule has 7 heteroatoms. The first-order valence-corrected chi connectivity index (χ1v) is 9.92. The number of rotatable bonds is 4. The van der Waals surface area contributed by atoms with Crippen LogP contribution in [0.4, 0.5) is 0 Å². The Morgan fingerprint density at radius 3 is 2.73 bits per heavy atom. The second-order valence-corrected chi connectivity index (χ2v) is 7.28. The lowest BCUT2D eigenvalue weighted by atomic mass is 10.1. The van der Waals surface area contributed by atoms with Gasteiger partial charge in [0.25, 0.3) is 5.91 Å². The summed E-state index contributed by atoms with van der Waals surface area (Å²) in [7, 11) is 0. The molecule has 5 rings (SSSR count). The Kier molecular flexibility index (Phi) is 4.69. The van der Waals surface area contributed by atoms with Crippen molar-refractivity contribution < 1.29 is 9.53 Å². The molecular weight excluding hydrogens is 400 g/mol. The maximum Gasteiger partial charge on any atom is 0.253 e. The van der Waals surface area contributed by atoms with Crippen LogP contribution in [-0.2, 0) is 6.42 Å². The van der Waals surface area contributed by atoms with Gasteiger partial charge in [0, 0.05) is 24.9 Å². The Bertz CT molecular complexity index is 1240. The predicted molar refractivity (Wildman–Crippen MR) is 115 cm³/mol. The van der Waals surface area contributed by atoms with Crippen molar-refractivity contribution in [2.75, 3.05) is 6.54 Å². The number of aromatic nitrogens is 3. The summed E-state index contributed by atoms with van der Waals surface area (Å²) in [6.45, 7) is 0.626. The number of carbonyl (C=O) groups excluding carboxylic acids is 1. The molecule has 4 aromatic rings. The molecule has 0 aliphatic carbocycles. The Morgan fingerprint density at radius 2 is 1.90 bits per heavy atom. The molecular formula is C23H17ClN4O2. The van der Waals surface area contributed by atoms with Gasteiger partial charge in [-0.2, -0.15) is 0 Å². The second kappa shape index (κ2) is 7.65. The van der Waals surface area contributed by atoms with E-state index in [1.165, 1.54) is 0 Å². The molecule has 0 fully saturated rings. The number of hydrogen-bond donors (Lipinski definition) is 2. The molecule has 0 spiro atoms. The maximum atomic E-state index is 12.1. The lowest BCUT2D eigenvalue weighted by Gasteiger charge is -2.12. The van der Waals surface area contributed by atoms with Gasteiger partial charge in [-0.15, -0.1) is 0 Å². The summed E-state index contributed by atoms with van der Waals surface area (Å²) < 4.78 is 6.05. The van der Waals surface area contributed by atoms with E-state index in [2.05, 4.69) is 15.3 Å². The molecule has 0 saturated carbocycles. The predicted octanol–water partition coefficient (Wildman–Crippen LogP) is 4.87. The third-order valence-corrected chi connectivity index (χ3v) is 5.22. The quantitative estimate of drug-likeness (QED) is 0.497. The van der Waals surface area contributed by atoms with Crippen LogP contribution in [0, 0.1) is 0 Å². The number of aromatic amines is 1. The van der Waals surface area contributed by atoms with Crippen LogP contribution in [0.5, 0.6) is 11.5 Å². The first-order valence-electron chi connectivity index (χ1n) is 9.54. The number of amides is 1. The average molecular weight is 417 g/mol. The van der Waals surface area contributed by atoms with Crippen molar-refractivity contribution >= 4 is 17.5 Å².